The number of hydrogen-bond acceptors (Lipinski definition) is 1. The molecule has 4 heteroatoms. The number of nitrogens with one attached hydrogen (secondary N) is 1. The fourth-order valence-electron chi connectivity index (χ4n) is 1.89. The third-order valence-electron chi connectivity index (χ3n) is 2.66. The summed E-state index contributed by atoms with van der Waals surface area (Å²) in [6.07, 6.45) is 0. The van der Waals surface area contributed by atoms with E-state index in [-0.39, 0.29) is 5.91 Å². The lowest BCUT2D eigenvalue weighted by Gasteiger charge is -2.09. The summed E-state index contributed by atoms with van der Waals surface area (Å²) in [5.41, 5.74) is 3.49. The highest BCUT2D eigenvalue weighted by molar-refractivity contribution is 9.10. The molecular weight excluding hydrogens is 326 g/mol. The second-order valence-electron chi connectivity index (χ2n) is 4.45. The van der Waals surface area contributed by atoms with Gasteiger partial charge in [0.2, 0.25) is 0 Å². The summed E-state index contributed by atoms with van der Waals surface area (Å²) >= 11 is 9.25. The minimum atomic E-state index is -0.130. The monoisotopic (exact) mass is 337 g/mol. The standard InChI is InChI=1S/C15H13BrClNO/c1-9-5-10(2)7-11(6-9)15(19)18-14-4-3-12(17)8-13(14)16/h3-8H,1-2H3,(H,18,19). The van der Waals surface area contributed by atoms with Crippen molar-refractivity contribution in [3.05, 3.63) is 62.6 Å². The van der Waals surface area contributed by atoms with Gasteiger partial charge in [0.1, 0.15) is 0 Å². The number of anilines is 1. The highest BCUT2D eigenvalue weighted by Gasteiger charge is 2.09. The van der Waals surface area contributed by atoms with Crippen LogP contribution in [0.1, 0.15) is 21.5 Å². The molecule has 2 rings (SSSR count). The van der Waals surface area contributed by atoms with Crippen LogP contribution in [-0.2, 0) is 0 Å². The first-order valence-electron chi connectivity index (χ1n) is 5.80. The van der Waals surface area contributed by atoms with Gasteiger partial charge in [0.15, 0.2) is 0 Å². The van der Waals surface area contributed by atoms with Gasteiger partial charge in [-0.25, -0.2) is 0 Å². The molecule has 19 heavy (non-hydrogen) atoms. The van der Waals surface area contributed by atoms with Gasteiger partial charge in [-0.15, -0.1) is 0 Å². The van der Waals surface area contributed by atoms with Crippen molar-refractivity contribution in [1.82, 2.24) is 0 Å². The topological polar surface area (TPSA) is 29.1 Å². The zero-order valence-electron chi connectivity index (χ0n) is 10.6. The molecule has 0 unspecified atom stereocenters. The number of carbonyl (C=O) groups excluding carboxylic acids is 1. The molecule has 2 nitrogen and oxygen atoms in total. The van der Waals surface area contributed by atoms with Crippen molar-refractivity contribution in [1.29, 1.82) is 0 Å². The second kappa shape index (κ2) is 5.76. The van der Waals surface area contributed by atoms with E-state index in [4.69, 9.17) is 11.6 Å². The Hall–Kier alpha value is -1.32. The molecule has 0 heterocycles. The van der Waals surface area contributed by atoms with E-state index in [1.54, 1.807) is 18.2 Å². The Balaban J connectivity index is 2.25. The van der Waals surface area contributed by atoms with Crippen LogP contribution in [0.25, 0.3) is 0 Å². The van der Waals surface area contributed by atoms with Crippen LogP contribution in [0.15, 0.2) is 40.9 Å². The van der Waals surface area contributed by atoms with Crippen LogP contribution in [0.2, 0.25) is 5.02 Å². The molecule has 2 aromatic rings. The molecule has 1 amide bonds. The van der Waals surface area contributed by atoms with Gasteiger partial charge >= 0.3 is 0 Å². The van der Waals surface area contributed by atoms with E-state index in [0.29, 0.717) is 16.3 Å². The fourth-order valence-corrected chi connectivity index (χ4v) is 2.67. The van der Waals surface area contributed by atoms with E-state index >= 15 is 0 Å². The van der Waals surface area contributed by atoms with Crippen LogP contribution in [0.3, 0.4) is 0 Å². The summed E-state index contributed by atoms with van der Waals surface area (Å²) in [7, 11) is 0. The second-order valence-corrected chi connectivity index (χ2v) is 5.75. The SMILES string of the molecule is Cc1cc(C)cc(C(=O)Nc2ccc(Cl)cc2Br)c1. The average Bonchev–Trinajstić information content (AvgIpc) is 2.31. The number of benzene rings is 2. The lowest BCUT2D eigenvalue weighted by atomic mass is 10.1. The smallest absolute Gasteiger partial charge is 0.255 e. The fraction of sp³-hybridized carbons (Fsp3) is 0.133. The normalized spacial score (nSPS) is 10.3. The Morgan fingerprint density at radius 1 is 1.11 bits per heavy atom. The maximum atomic E-state index is 12.2. The van der Waals surface area contributed by atoms with Gasteiger partial charge in [0, 0.05) is 15.1 Å². The van der Waals surface area contributed by atoms with E-state index in [0.717, 1.165) is 15.6 Å². The predicted molar refractivity (Wildman–Crippen MR) is 83.0 cm³/mol. The van der Waals surface area contributed by atoms with Crippen molar-refractivity contribution in [3.63, 3.8) is 0 Å². The van der Waals surface area contributed by atoms with E-state index in [1.165, 1.54) is 0 Å². The first-order valence-corrected chi connectivity index (χ1v) is 6.97. The van der Waals surface area contributed by atoms with E-state index < -0.39 is 0 Å². The number of halogens is 2. The molecule has 0 atom stereocenters. The van der Waals surface area contributed by atoms with Crippen molar-refractivity contribution in [2.75, 3.05) is 5.32 Å². The minimum absolute atomic E-state index is 0.130. The van der Waals surface area contributed by atoms with E-state index in [9.17, 15) is 4.79 Å². The van der Waals surface area contributed by atoms with Crippen LogP contribution < -0.4 is 5.32 Å². The van der Waals surface area contributed by atoms with E-state index in [2.05, 4.69) is 21.2 Å². The molecule has 0 bridgehead atoms. The molecule has 0 spiro atoms. The van der Waals surface area contributed by atoms with Gasteiger partial charge in [0.05, 0.1) is 5.69 Å². The maximum Gasteiger partial charge on any atom is 0.255 e. The van der Waals surface area contributed by atoms with Gasteiger partial charge in [-0.3, -0.25) is 4.79 Å². The number of rotatable bonds is 2. The highest BCUT2D eigenvalue weighted by atomic mass is 79.9. The van der Waals surface area contributed by atoms with Gasteiger partial charge in [-0.2, -0.15) is 0 Å². The maximum absolute atomic E-state index is 12.2. The molecule has 0 radical (unpaired) electrons. The largest absolute Gasteiger partial charge is 0.321 e. The average molecular weight is 339 g/mol. The Kier molecular flexibility index (Phi) is 4.27. The summed E-state index contributed by atoms with van der Waals surface area (Å²) in [5.74, 6) is -0.130. The molecular formula is C15H13BrClNO. The quantitative estimate of drug-likeness (QED) is 0.823. The molecule has 0 aliphatic rings. The first-order chi connectivity index (χ1) is 8.95. The first kappa shape index (κ1) is 14.1. The number of amides is 1. The third kappa shape index (κ3) is 3.58. The molecule has 0 aliphatic carbocycles. The molecule has 98 valence electrons. The Morgan fingerprint density at radius 3 is 2.32 bits per heavy atom. The van der Waals surface area contributed by atoms with Crippen LogP contribution in [0.5, 0.6) is 0 Å². The molecule has 0 aromatic heterocycles. The molecule has 0 fully saturated rings. The minimum Gasteiger partial charge on any atom is -0.321 e. The molecule has 0 saturated carbocycles. The van der Waals surface area contributed by atoms with E-state index in [1.807, 2.05) is 32.0 Å². The van der Waals surface area contributed by atoms with Crippen molar-refractivity contribution >= 4 is 39.1 Å². The van der Waals surface area contributed by atoms with Gasteiger partial charge in [-0.05, 0) is 60.1 Å². The highest BCUT2D eigenvalue weighted by Crippen LogP contribution is 2.26. The summed E-state index contributed by atoms with van der Waals surface area (Å²) in [6, 6.07) is 11.0. The summed E-state index contributed by atoms with van der Waals surface area (Å²) < 4.78 is 0.762. The number of hydrogen-bond donors (Lipinski definition) is 1. The molecule has 0 aliphatic heterocycles. The Labute approximate surface area is 125 Å². The van der Waals surface area contributed by atoms with Gasteiger partial charge in [-0.1, -0.05) is 28.8 Å². The van der Waals surface area contributed by atoms with Crippen molar-refractivity contribution in [2.45, 2.75) is 13.8 Å². The zero-order valence-corrected chi connectivity index (χ0v) is 13.0. The van der Waals surface area contributed by atoms with Crippen LogP contribution in [0.4, 0.5) is 5.69 Å². The summed E-state index contributed by atoms with van der Waals surface area (Å²) in [4.78, 5) is 12.2. The Bertz CT molecular complexity index is 620. The molecule has 1 N–H and O–H groups in total. The van der Waals surface area contributed by atoms with Gasteiger partial charge in [0.25, 0.3) is 5.91 Å². The zero-order chi connectivity index (χ0) is 14.0. The lowest BCUT2D eigenvalue weighted by molar-refractivity contribution is 0.102. The van der Waals surface area contributed by atoms with Crippen LogP contribution in [-0.4, -0.2) is 5.91 Å². The lowest BCUT2D eigenvalue weighted by Crippen LogP contribution is -2.12. The van der Waals surface area contributed by atoms with Crippen LogP contribution >= 0.6 is 27.5 Å². The van der Waals surface area contributed by atoms with Crippen molar-refractivity contribution < 1.29 is 4.79 Å². The van der Waals surface area contributed by atoms with Gasteiger partial charge < -0.3 is 5.32 Å². The summed E-state index contributed by atoms with van der Waals surface area (Å²) in [6.45, 7) is 3.95. The van der Waals surface area contributed by atoms with Crippen LogP contribution in [0, 0.1) is 13.8 Å². The number of carbonyl (C=O) groups is 1. The molecule has 0 saturated heterocycles. The third-order valence-corrected chi connectivity index (χ3v) is 3.55. The van der Waals surface area contributed by atoms with Crippen molar-refractivity contribution in [3.8, 4) is 0 Å². The predicted octanol–water partition coefficient (Wildman–Crippen LogP) is 4.97. The van der Waals surface area contributed by atoms with Crippen molar-refractivity contribution in [2.24, 2.45) is 0 Å². The summed E-state index contributed by atoms with van der Waals surface area (Å²) in [5, 5.41) is 3.49. The molecule has 2 aromatic carbocycles. The number of aryl methyl sites for hydroxylation is 2. The Morgan fingerprint density at radius 2 is 1.74 bits per heavy atom.